The first-order valence-corrected chi connectivity index (χ1v) is 8.38. The summed E-state index contributed by atoms with van der Waals surface area (Å²) in [6.07, 6.45) is 0. The number of benzene rings is 2. The fourth-order valence-corrected chi connectivity index (χ4v) is 3.42. The smallest absolute Gasteiger partial charge is 0.262 e. The second kappa shape index (κ2) is 6.13. The Morgan fingerprint density at radius 1 is 1.24 bits per heavy atom. The Kier molecular flexibility index (Phi) is 4.65. The largest absolute Gasteiger partial charge is 0.326 e. The topological polar surface area (TPSA) is 72.2 Å². The zero-order valence-corrected chi connectivity index (χ0v) is 13.6. The lowest BCUT2D eigenvalue weighted by molar-refractivity contribution is 0.593. The van der Waals surface area contributed by atoms with Crippen molar-refractivity contribution in [3.8, 4) is 0 Å². The van der Waals surface area contributed by atoms with Gasteiger partial charge in [-0.05, 0) is 48.4 Å². The van der Waals surface area contributed by atoms with Crippen molar-refractivity contribution in [2.24, 2.45) is 5.73 Å². The van der Waals surface area contributed by atoms with Gasteiger partial charge in [-0.25, -0.2) is 12.8 Å². The van der Waals surface area contributed by atoms with E-state index in [1.165, 1.54) is 12.1 Å². The molecule has 0 unspecified atom stereocenters. The number of nitrogens with one attached hydrogen (secondary N) is 1. The van der Waals surface area contributed by atoms with Gasteiger partial charge in [0.05, 0.1) is 4.90 Å². The fourth-order valence-electron chi connectivity index (χ4n) is 1.87. The van der Waals surface area contributed by atoms with E-state index in [2.05, 4.69) is 20.7 Å². The molecule has 0 aliphatic carbocycles. The van der Waals surface area contributed by atoms with Crippen LogP contribution in [0.15, 0.2) is 45.8 Å². The Bertz CT molecular complexity index is 779. The third-order valence-corrected chi connectivity index (χ3v) is 5.30. The molecule has 0 radical (unpaired) electrons. The predicted molar refractivity (Wildman–Crippen MR) is 84.0 cm³/mol. The van der Waals surface area contributed by atoms with E-state index in [0.717, 1.165) is 16.1 Å². The summed E-state index contributed by atoms with van der Waals surface area (Å²) in [5, 5.41) is 0. The van der Waals surface area contributed by atoms with Crippen molar-refractivity contribution in [3.05, 3.63) is 57.8 Å². The lowest BCUT2D eigenvalue weighted by Crippen LogP contribution is -2.16. The average Bonchev–Trinajstić information content (AvgIpc) is 2.42. The molecular weight excluding hydrogens is 359 g/mol. The van der Waals surface area contributed by atoms with E-state index in [9.17, 15) is 12.8 Å². The molecule has 0 aromatic heterocycles. The SMILES string of the molecule is Cc1cc(NS(=O)(=O)c2cc(F)ccc2CN)ccc1Br. The number of hydrogen-bond acceptors (Lipinski definition) is 3. The van der Waals surface area contributed by atoms with Gasteiger partial charge >= 0.3 is 0 Å². The molecular formula is C14H14BrFN2O2S. The van der Waals surface area contributed by atoms with Crippen LogP contribution in [0, 0.1) is 12.7 Å². The van der Waals surface area contributed by atoms with Crippen molar-refractivity contribution in [1.82, 2.24) is 0 Å². The number of anilines is 1. The van der Waals surface area contributed by atoms with Crippen LogP contribution >= 0.6 is 15.9 Å². The van der Waals surface area contributed by atoms with Gasteiger partial charge in [0.2, 0.25) is 0 Å². The number of nitrogens with two attached hydrogens (primary N) is 1. The van der Waals surface area contributed by atoms with Gasteiger partial charge in [0.15, 0.2) is 0 Å². The summed E-state index contributed by atoms with van der Waals surface area (Å²) in [6.45, 7) is 1.85. The van der Waals surface area contributed by atoms with E-state index in [1.807, 2.05) is 6.92 Å². The third kappa shape index (κ3) is 3.61. The molecule has 0 fully saturated rings. The fraction of sp³-hybridized carbons (Fsp3) is 0.143. The summed E-state index contributed by atoms with van der Waals surface area (Å²) in [5.41, 5.74) is 7.16. The van der Waals surface area contributed by atoms with Crippen LogP contribution < -0.4 is 10.5 Å². The van der Waals surface area contributed by atoms with E-state index in [1.54, 1.807) is 18.2 Å². The number of aryl methyl sites for hydroxylation is 1. The summed E-state index contributed by atoms with van der Waals surface area (Å²) in [5.74, 6) is -0.625. The lowest BCUT2D eigenvalue weighted by Gasteiger charge is -2.12. The molecule has 2 aromatic rings. The molecule has 0 aliphatic rings. The molecule has 0 amide bonds. The van der Waals surface area contributed by atoms with Gasteiger partial charge in [-0.3, -0.25) is 4.72 Å². The monoisotopic (exact) mass is 372 g/mol. The van der Waals surface area contributed by atoms with Crippen LogP contribution in [0.3, 0.4) is 0 Å². The van der Waals surface area contributed by atoms with Gasteiger partial charge in [0.1, 0.15) is 5.82 Å². The molecule has 0 spiro atoms. The second-order valence-electron chi connectivity index (χ2n) is 4.53. The van der Waals surface area contributed by atoms with Gasteiger partial charge < -0.3 is 5.73 Å². The van der Waals surface area contributed by atoms with Crippen LogP contribution in [0.5, 0.6) is 0 Å². The molecule has 2 rings (SSSR count). The minimum Gasteiger partial charge on any atom is -0.326 e. The summed E-state index contributed by atoms with van der Waals surface area (Å²) >= 11 is 3.34. The highest BCUT2D eigenvalue weighted by Crippen LogP contribution is 2.24. The predicted octanol–water partition coefficient (Wildman–Crippen LogP) is 3.16. The van der Waals surface area contributed by atoms with Gasteiger partial charge in [-0.15, -0.1) is 0 Å². The molecule has 3 N–H and O–H groups in total. The average molecular weight is 373 g/mol. The second-order valence-corrected chi connectivity index (χ2v) is 7.03. The Balaban J connectivity index is 2.42. The molecule has 21 heavy (non-hydrogen) atoms. The van der Waals surface area contributed by atoms with Crippen molar-refractivity contribution in [2.45, 2.75) is 18.4 Å². The first kappa shape index (κ1) is 15.9. The van der Waals surface area contributed by atoms with E-state index >= 15 is 0 Å². The third-order valence-electron chi connectivity index (χ3n) is 2.95. The maximum Gasteiger partial charge on any atom is 0.262 e. The standard InChI is InChI=1S/C14H14BrFN2O2S/c1-9-6-12(4-5-13(9)15)18-21(19,20)14-7-11(16)3-2-10(14)8-17/h2-7,18H,8,17H2,1H3. The zero-order valence-electron chi connectivity index (χ0n) is 11.2. The number of halogens is 2. The van der Waals surface area contributed by atoms with Crippen molar-refractivity contribution >= 4 is 31.6 Å². The molecule has 7 heteroatoms. The summed E-state index contributed by atoms with van der Waals surface area (Å²) < 4.78 is 41.4. The van der Waals surface area contributed by atoms with Crippen LogP contribution in [-0.2, 0) is 16.6 Å². The Hall–Kier alpha value is -1.44. The zero-order chi connectivity index (χ0) is 15.6. The van der Waals surface area contributed by atoms with Crippen LogP contribution in [0.1, 0.15) is 11.1 Å². The summed E-state index contributed by atoms with van der Waals surface area (Å²) in [7, 11) is -3.89. The number of sulfonamides is 1. The van der Waals surface area contributed by atoms with E-state index in [-0.39, 0.29) is 11.4 Å². The number of rotatable bonds is 4. The van der Waals surface area contributed by atoms with Crippen molar-refractivity contribution in [1.29, 1.82) is 0 Å². The van der Waals surface area contributed by atoms with Crippen molar-refractivity contribution in [2.75, 3.05) is 4.72 Å². The van der Waals surface area contributed by atoms with Crippen molar-refractivity contribution in [3.63, 3.8) is 0 Å². The first-order chi connectivity index (χ1) is 9.83. The van der Waals surface area contributed by atoms with Gasteiger partial charge in [0, 0.05) is 16.7 Å². The van der Waals surface area contributed by atoms with Crippen LogP contribution in [0.25, 0.3) is 0 Å². The molecule has 0 heterocycles. The first-order valence-electron chi connectivity index (χ1n) is 6.11. The molecule has 0 bridgehead atoms. The molecule has 0 atom stereocenters. The molecule has 4 nitrogen and oxygen atoms in total. The normalized spacial score (nSPS) is 11.4. The number of hydrogen-bond donors (Lipinski definition) is 2. The van der Waals surface area contributed by atoms with Crippen LogP contribution in [-0.4, -0.2) is 8.42 Å². The Morgan fingerprint density at radius 2 is 1.95 bits per heavy atom. The highest BCUT2D eigenvalue weighted by molar-refractivity contribution is 9.10. The Morgan fingerprint density at radius 3 is 2.57 bits per heavy atom. The van der Waals surface area contributed by atoms with E-state index < -0.39 is 15.8 Å². The minimum atomic E-state index is -3.89. The molecule has 2 aromatic carbocycles. The van der Waals surface area contributed by atoms with Gasteiger partial charge in [-0.2, -0.15) is 0 Å². The molecule has 0 saturated carbocycles. The maximum atomic E-state index is 13.3. The summed E-state index contributed by atoms with van der Waals surface area (Å²) in [6, 6.07) is 8.57. The molecule has 0 aliphatic heterocycles. The van der Waals surface area contributed by atoms with Crippen molar-refractivity contribution < 1.29 is 12.8 Å². The van der Waals surface area contributed by atoms with E-state index in [4.69, 9.17) is 5.73 Å². The summed E-state index contributed by atoms with van der Waals surface area (Å²) in [4.78, 5) is -0.148. The highest BCUT2D eigenvalue weighted by atomic mass is 79.9. The Labute approximate surface area is 131 Å². The van der Waals surface area contributed by atoms with Crippen LogP contribution in [0.4, 0.5) is 10.1 Å². The van der Waals surface area contributed by atoms with E-state index in [0.29, 0.717) is 11.3 Å². The molecule has 0 saturated heterocycles. The van der Waals surface area contributed by atoms with Gasteiger partial charge in [-0.1, -0.05) is 22.0 Å². The van der Waals surface area contributed by atoms with Gasteiger partial charge in [0.25, 0.3) is 10.0 Å². The molecule has 112 valence electrons. The highest BCUT2D eigenvalue weighted by Gasteiger charge is 2.19. The maximum absolute atomic E-state index is 13.3. The minimum absolute atomic E-state index is 0.00981. The quantitative estimate of drug-likeness (QED) is 0.865. The lowest BCUT2D eigenvalue weighted by atomic mass is 10.2. The van der Waals surface area contributed by atoms with Crippen LogP contribution in [0.2, 0.25) is 0 Å².